The van der Waals surface area contributed by atoms with Crippen molar-refractivity contribution in [3.63, 3.8) is 0 Å². The predicted molar refractivity (Wildman–Crippen MR) is 258 cm³/mol. The molecule has 0 aliphatic carbocycles. The molecule has 1 unspecified atom stereocenters. The average Bonchev–Trinajstić information content (AvgIpc) is 3.66. The van der Waals surface area contributed by atoms with Gasteiger partial charge in [0.15, 0.2) is 5.75 Å². The van der Waals surface area contributed by atoms with Gasteiger partial charge in [0.05, 0.1) is 65.8 Å². The number of amides is 4. The minimum Gasteiger partial charge on any atom is -0.493 e. The summed E-state index contributed by atoms with van der Waals surface area (Å²) in [5, 5.41) is 15.7. The Balaban J connectivity index is 0.985. The molecule has 5 rings (SSSR count). The molecular formula is C46H56Cl2N8O8S. The average molecular weight is 952 g/mol. The van der Waals surface area contributed by atoms with E-state index in [0.717, 1.165) is 29.1 Å². The Hall–Kier alpha value is -5.72. The van der Waals surface area contributed by atoms with Gasteiger partial charge >= 0.3 is 0 Å². The summed E-state index contributed by atoms with van der Waals surface area (Å²) in [5.41, 5.74) is 3.34. The second kappa shape index (κ2) is 25.7. The number of nitrogens with one attached hydrogen (secondary N) is 4. The number of hydrogen-bond donors (Lipinski definition) is 4. The number of carbonyl (C=O) groups is 4. The monoisotopic (exact) mass is 950 g/mol. The van der Waals surface area contributed by atoms with Crippen molar-refractivity contribution in [2.24, 2.45) is 11.0 Å². The molecule has 4 amide bonds. The van der Waals surface area contributed by atoms with Crippen LogP contribution in [0.2, 0.25) is 10.0 Å². The molecule has 1 heterocycles. The molecule has 348 valence electrons. The van der Waals surface area contributed by atoms with Crippen LogP contribution in [0.25, 0.3) is 0 Å². The molecule has 0 saturated heterocycles. The van der Waals surface area contributed by atoms with Crippen molar-refractivity contribution in [1.29, 1.82) is 0 Å². The maximum absolute atomic E-state index is 13.0. The molecule has 16 nitrogen and oxygen atoms in total. The highest BCUT2D eigenvalue weighted by Gasteiger charge is 2.26. The van der Waals surface area contributed by atoms with Gasteiger partial charge in [-0.15, -0.1) is 0 Å². The van der Waals surface area contributed by atoms with Gasteiger partial charge in [0.2, 0.25) is 18.2 Å². The molecule has 0 spiro atoms. The summed E-state index contributed by atoms with van der Waals surface area (Å²) in [7, 11) is 5.47. The Morgan fingerprint density at radius 1 is 0.862 bits per heavy atom. The van der Waals surface area contributed by atoms with Crippen LogP contribution in [-0.2, 0) is 23.9 Å². The number of halogens is 2. The van der Waals surface area contributed by atoms with Crippen molar-refractivity contribution in [2.75, 3.05) is 93.3 Å². The first-order valence-electron chi connectivity index (χ1n) is 21.1. The summed E-state index contributed by atoms with van der Waals surface area (Å²) in [6.07, 6.45) is 2.28. The summed E-state index contributed by atoms with van der Waals surface area (Å²) < 4.78 is 26.5. The van der Waals surface area contributed by atoms with Gasteiger partial charge in [-0.1, -0.05) is 49.2 Å². The fraction of sp³-hybridized carbons (Fsp3) is 0.370. The molecule has 0 saturated carbocycles. The third-order valence-electron chi connectivity index (χ3n) is 9.63. The van der Waals surface area contributed by atoms with Crippen molar-refractivity contribution < 1.29 is 38.1 Å². The quantitative estimate of drug-likeness (QED) is 0.0292. The first kappa shape index (κ1) is 50.3. The molecular weight excluding hydrogens is 896 g/mol. The summed E-state index contributed by atoms with van der Waals surface area (Å²) in [6, 6.07) is 23.5. The van der Waals surface area contributed by atoms with Gasteiger partial charge in [-0.05, 0) is 79.4 Å². The van der Waals surface area contributed by atoms with Crippen LogP contribution in [0.5, 0.6) is 17.2 Å². The largest absolute Gasteiger partial charge is 0.493 e. The Morgan fingerprint density at radius 3 is 2.42 bits per heavy atom. The van der Waals surface area contributed by atoms with E-state index in [9.17, 15) is 19.2 Å². The molecule has 65 heavy (non-hydrogen) atoms. The van der Waals surface area contributed by atoms with Crippen LogP contribution in [0, 0.1) is 5.92 Å². The summed E-state index contributed by atoms with van der Waals surface area (Å²) in [5.74, 6) is 1.56. The minimum atomic E-state index is -0.300. The smallest absolute Gasteiger partial charge is 0.251 e. The molecule has 0 aromatic heterocycles. The summed E-state index contributed by atoms with van der Waals surface area (Å²) >= 11 is 13.5. The number of benzene rings is 4. The fourth-order valence-corrected chi connectivity index (χ4v) is 7.25. The zero-order valence-corrected chi connectivity index (χ0v) is 39.5. The van der Waals surface area contributed by atoms with Gasteiger partial charge in [0.25, 0.3) is 5.91 Å². The van der Waals surface area contributed by atoms with Crippen molar-refractivity contribution in [3.05, 3.63) is 94.5 Å². The van der Waals surface area contributed by atoms with Crippen LogP contribution in [0.4, 0.5) is 22.7 Å². The molecule has 19 heteroatoms. The van der Waals surface area contributed by atoms with Gasteiger partial charge in [-0.2, -0.15) is 5.10 Å². The van der Waals surface area contributed by atoms with Crippen molar-refractivity contribution in [3.8, 4) is 17.2 Å². The molecule has 1 aliphatic heterocycles. The zero-order valence-electron chi connectivity index (χ0n) is 37.2. The number of hydrazone groups is 1. The maximum atomic E-state index is 13.0. The van der Waals surface area contributed by atoms with Crippen molar-refractivity contribution >= 4 is 87.9 Å². The lowest BCUT2D eigenvalue weighted by Gasteiger charge is -2.24. The van der Waals surface area contributed by atoms with Crippen LogP contribution in [-0.4, -0.2) is 104 Å². The Labute approximate surface area is 394 Å². The molecule has 0 bridgehead atoms. The van der Waals surface area contributed by atoms with E-state index in [4.69, 9.17) is 42.1 Å². The number of nitrogens with zero attached hydrogens (tertiary/aromatic N) is 4. The number of ether oxygens (including phenoxy) is 4. The summed E-state index contributed by atoms with van der Waals surface area (Å²) in [4.78, 5) is 53.8. The van der Waals surface area contributed by atoms with Crippen LogP contribution < -0.4 is 45.0 Å². The van der Waals surface area contributed by atoms with Gasteiger partial charge < -0.3 is 49.4 Å². The van der Waals surface area contributed by atoms with Crippen LogP contribution in [0.3, 0.4) is 0 Å². The van der Waals surface area contributed by atoms with Crippen LogP contribution in [0.15, 0.2) is 88.9 Å². The molecule has 4 aromatic carbocycles. The highest BCUT2D eigenvalue weighted by molar-refractivity contribution is 8.00. The van der Waals surface area contributed by atoms with Crippen molar-refractivity contribution in [2.45, 2.75) is 38.0 Å². The van der Waals surface area contributed by atoms with Crippen LogP contribution in [0.1, 0.15) is 43.5 Å². The Morgan fingerprint density at radius 2 is 1.65 bits per heavy atom. The van der Waals surface area contributed by atoms with E-state index in [1.54, 1.807) is 48.5 Å². The molecule has 1 atom stereocenters. The first-order chi connectivity index (χ1) is 31.3. The fourth-order valence-electron chi connectivity index (χ4n) is 6.24. The van der Waals surface area contributed by atoms with E-state index in [1.807, 2.05) is 75.3 Å². The van der Waals surface area contributed by atoms with Crippen LogP contribution >= 0.6 is 35.1 Å². The molecule has 4 N–H and O–H groups in total. The second-order valence-corrected chi connectivity index (χ2v) is 16.8. The molecule has 0 fully saturated rings. The normalized spacial score (nSPS) is 13.1. The highest BCUT2D eigenvalue weighted by atomic mass is 35.5. The number of rotatable bonds is 25. The van der Waals surface area contributed by atoms with Gasteiger partial charge in [-0.25, -0.2) is 0 Å². The number of anilines is 4. The third-order valence-corrected chi connectivity index (χ3v) is 11.2. The third kappa shape index (κ3) is 15.7. The Bertz CT molecular complexity index is 2290. The lowest BCUT2D eigenvalue weighted by Crippen LogP contribution is -2.34. The number of amidine groups is 1. The summed E-state index contributed by atoms with van der Waals surface area (Å²) in [6.45, 7) is 6.29. The lowest BCUT2D eigenvalue weighted by molar-refractivity contribution is -0.126. The second-order valence-electron chi connectivity index (χ2n) is 15.1. The standard InChI is InChI=1S/C46H56Cl2N8O8S/c1-6-19-63-34-11-8-12-35(25-34)64-42-27-41(55(5)30-57)40(54(3)4)26-39(42)53-65-36-13-7-10-32(23-36)46(60)50-18-20-61-21-22-62-29-44(59)49-17-9-14-43(58)51-45-31(2)28-56(52-45)33-15-16-37(47)38(48)24-33/h7-8,10-13,15-16,23-27,30-31,53H,6,9,14,17-22,28-29H2,1-5H3,(H,49,59)(H,50,60)(H,51,52,58). The SMILES string of the molecule is CCCOc1cccc(Oc2cc(N(C)C=O)c(N(C)C)cc2NSc2cccc(C(=O)NCCOCCOCC(=O)NCCCC(=O)NC3=NN(c4ccc(Cl)c(Cl)c4)CC3C)c2)c1. The van der Waals surface area contributed by atoms with E-state index in [1.165, 1.54) is 16.8 Å². The number of hydrogen-bond acceptors (Lipinski definition) is 13. The van der Waals surface area contributed by atoms with Gasteiger partial charge in [0, 0.05) is 69.2 Å². The maximum Gasteiger partial charge on any atom is 0.251 e. The lowest BCUT2D eigenvalue weighted by atomic mass is 10.1. The molecule has 4 aromatic rings. The topological polar surface area (TPSA) is 175 Å². The predicted octanol–water partition coefficient (Wildman–Crippen LogP) is 7.60. The molecule has 0 radical (unpaired) electrons. The highest BCUT2D eigenvalue weighted by Crippen LogP contribution is 2.42. The zero-order chi connectivity index (χ0) is 46.7. The van der Waals surface area contributed by atoms with E-state index < -0.39 is 0 Å². The van der Waals surface area contributed by atoms with Crippen molar-refractivity contribution in [1.82, 2.24) is 16.0 Å². The van der Waals surface area contributed by atoms with E-state index in [0.29, 0.717) is 76.2 Å². The molecule has 1 aliphatic rings. The Kier molecular flexibility index (Phi) is 19.9. The number of carbonyl (C=O) groups excluding carboxylic acids is 4. The minimum absolute atomic E-state index is 0.0106. The van der Waals surface area contributed by atoms with Gasteiger partial charge in [0.1, 0.15) is 23.9 Å². The van der Waals surface area contributed by atoms with Gasteiger partial charge in [-0.3, -0.25) is 24.2 Å². The van der Waals surface area contributed by atoms with E-state index in [-0.39, 0.29) is 63.0 Å². The van der Waals surface area contributed by atoms with E-state index >= 15 is 0 Å². The van der Waals surface area contributed by atoms with E-state index in [2.05, 4.69) is 25.8 Å². The first-order valence-corrected chi connectivity index (χ1v) is 22.7.